The highest BCUT2D eigenvalue weighted by atomic mass is 19.1. The van der Waals surface area contributed by atoms with E-state index in [1.165, 1.54) is 18.5 Å². The Morgan fingerprint density at radius 1 is 0.967 bits per heavy atom. The van der Waals surface area contributed by atoms with Crippen LogP contribution in [0.1, 0.15) is 17.4 Å². The molecule has 1 N–H and O–H groups in total. The van der Waals surface area contributed by atoms with Crippen LogP contribution in [0.5, 0.6) is 0 Å². The zero-order valence-electron chi connectivity index (χ0n) is 16.1. The van der Waals surface area contributed by atoms with Gasteiger partial charge in [0.15, 0.2) is 5.65 Å². The number of benzene rings is 2. The molecule has 5 aromatic rings. The van der Waals surface area contributed by atoms with E-state index in [9.17, 15) is 4.39 Å². The number of hydrogen-bond donors (Lipinski definition) is 1. The molecule has 5 rings (SSSR count). The van der Waals surface area contributed by atoms with Crippen molar-refractivity contribution in [2.45, 2.75) is 6.04 Å². The molecule has 3 aromatic heterocycles. The van der Waals surface area contributed by atoms with Crippen molar-refractivity contribution in [3.05, 3.63) is 96.7 Å². The summed E-state index contributed by atoms with van der Waals surface area (Å²) < 4.78 is 16.9. The first kappa shape index (κ1) is 18.0. The Kier molecular flexibility index (Phi) is 4.44. The van der Waals surface area contributed by atoms with Gasteiger partial charge in [0.05, 0.1) is 17.3 Å². The summed E-state index contributed by atoms with van der Waals surface area (Å²) >= 11 is 0. The number of imidazole rings is 1. The van der Waals surface area contributed by atoms with Crippen LogP contribution in [0.25, 0.3) is 16.7 Å². The number of nitrogens with one attached hydrogen (secondary N) is 1. The smallest absolute Gasteiger partial charge is 0.168 e. The lowest BCUT2D eigenvalue weighted by Gasteiger charge is -2.20. The lowest BCUT2D eigenvalue weighted by atomic mass is 10.1. The van der Waals surface area contributed by atoms with Gasteiger partial charge in [-0.2, -0.15) is 5.10 Å². The average Bonchev–Trinajstić information content (AvgIpc) is 3.40. The van der Waals surface area contributed by atoms with Crippen LogP contribution in [0.4, 0.5) is 10.2 Å². The van der Waals surface area contributed by atoms with Gasteiger partial charge in [-0.25, -0.2) is 24.0 Å². The first-order valence-corrected chi connectivity index (χ1v) is 9.44. The van der Waals surface area contributed by atoms with E-state index in [1.54, 1.807) is 29.2 Å². The van der Waals surface area contributed by atoms with Crippen molar-refractivity contribution < 1.29 is 4.39 Å². The van der Waals surface area contributed by atoms with Crippen molar-refractivity contribution in [2.24, 2.45) is 7.05 Å². The fourth-order valence-corrected chi connectivity index (χ4v) is 3.46. The van der Waals surface area contributed by atoms with E-state index in [0.29, 0.717) is 11.5 Å². The van der Waals surface area contributed by atoms with Crippen molar-refractivity contribution in [1.29, 1.82) is 0 Å². The topological polar surface area (TPSA) is 73.5 Å². The van der Waals surface area contributed by atoms with Crippen LogP contribution in [-0.2, 0) is 7.05 Å². The van der Waals surface area contributed by atoms with Crippen LogP contribution >= 0.6 is 0 Å². The molecule has 0 aliphatic heterocycles. The first-order valence-electron chi connectivity index (χ1n) is 9.44. The number of halogens is 1. The van der Waals surface area contributed by atoms with E-state index in [4.69, 9.17) is 0 Å². The fraction of sp³-hybridized carbons (Fsp3) is 0.0909. The van der Waals surface area contributed by atoms with Gasteiger partial charge >= 0.3 is 0 Å². The number of aryl methyl sites for hydroxylation is 1. The second kappa shape index (κ2) is 7.40. The third-order valence-corrected chi connectivity index (χ3v) is 4.97. The van der Waals surface area contributed by atoms with E-state index >= 15 is 0 Å². The number of anilines is 1. The molecule has 148 valence electrons. The Bertz CT molecular complexity index is 1290. The Morgan fingerprint density at radius 2 is 1.77 bits per heavy atom. The summed E-state index contributed by atoms with van der Waals surface area (Å²) in [6.45, 7) is 0. The van der Waals surface area contributed by atoms with Crippen LogP contribution in [0.15, 0.2) is 79.5 Å². The normalized spacial score (nSPS) is 12.2. The highest BCUT2D eigenvalue weighted by molar-refractivity contribution is 5.87. The molecule has 0 radical (unpaired) electrons. The molecule has 1 atom stereocenters. The van der Waals surface area contributed by atoms with Crippen molar-refractivity contribution in [3.8, 4) is 5.69 Å². The summed E-state index contributed by atoms with van der Waals surface area (Å²) in [7, 11) is 1.96. The maximum Gasteiger partial charge on any atom is 0.168 e. The summed E-state index contributed by atoms with van der Waals surface area (Å²) in [4.78, 5) is 13.4. The van der Waals surface area contributed by atoms with Gasteiger partial charge in [-0.3, -0.25) is 0 Å². The van der Waals surface area contributed by atoms with Gasteiger partial charge in [0.25, 0.3) is 0 Å². The standard InChI is InChI=1S/C22H18FN7/c1-29-12-11-24-22(29)19(15-5-3-2-4-6-15)28-20-18-13-27-30(21(18)26-14-25-20)17-9-7-16(23)8-10-17/h2-14,19H,1H3,(H,25,26,28)/t19-/m1/s1. The summed E-state index contributed by atoms with van der Waals surface area (Å²) in [6, 6.07) is 16.0. The largest absolute Gasteiger partial charge is 0.356 e. The zero-order valence-corrected chi connectivity index (χ0v) is 16.1. The highest BCUT2D eigenvalue weighted by Crippen LogP contribution is 2.28. The van der Waals surface area contributed by atoms with Crippen molar-refractivity contribution >= 4 is 16.9 Å². The van der Waals surface area contributed by atoms with Crippen molar-refractivity contribution in [2.75, 3.05) is 5.32 Å². The van der Waals surface area contributed by atoms with Gasteiger partial charge in [-0.1, -0.05) is 30.3 Å². The van der Waals surface area contributed by atoms with Gasteiger partial charge < -0.3 is 9.88 Å². The predicted octanol–water partition coefficient (Wildman–Crippen LogP) is 3.89. The second-order valence-corrected chi connectivity index (χ2v) is 6.88. The van der Waals surface area contributed by atoms with Crippen LogP contribution in [0.2, 0.25) is 0 Å². The summed E-state index contributed by atoms with van der Waals surface area (Å²) in [5.74, 6) is 1.21. The minimum Gasteiger partial charge on any atom is -0.356 e. The van der Waals surface area contributed by atoms with Crippen LogP contribution in [0, 0.1) is 5.82 Å². The van der Waals surface area contributed by atoms with E-state index in [-0.39, 0.29) is 11.9 Å². The summed E-state index contributed by atoms with van der Waals surface area (Å²) in [6.07, 6.45) is 6.89. The number of aromatic nitrogens is 6. The Hall–Kier alpha value is -4.07. The predicted molar refractivity (Wildman–Crippen MR) is 112 cm³/mol. The minimum atomic E-state index is -0.298. The van der Waals surface area contributed by atoms with E-state index < -0.39 is 0 Å². The number of rotatable bonds is 5. The molecule has 0 aliphatic carbocycles. The Balaban J connectivity index is 1.58. The summed E-state index contributed by atoms with van der Waals surface area (Å²) in [5, 5.41) is 8.72. The van der Waals surface area contributed by atoms with E-state index in [1.807, 2.05) is 48.1 Å². The monoisotopic (exact) mass is 399 g/mol. The van der Waals surface area contributed by atoms with Gasteiger partial charge in [0.2, 0.25) is 0 Å². The fourth-order valence-electron chi connectivity index (χ4n) is 3.46. The number of hydrogen-bond acceptors (Lipinski definition) is 5. The minimum absolute atomic E-state index is 0.210. The van der Waals surface area contributed by atoms with Gasteiger partial charge in [0.1, 0.15) is 29.8 Å². The SMILES string of the molecule is Cn1ccnc1[C@H](Nc1ncnc2c1cnn2-c1ccc(F)cc1)c1ccccc1. The molecule has 3 heterocycles. The van der Waals surface area contributed by atoms with Crippen molar-refractivity contribution in [1.82, 2.24) is 29.3 Å². The van der Waals surface area contributed by atoms with E-state index in [0.717, 1.165) is 22.5 Å². The third-order valence-electron chi connectivity index (χ3n) is 4.97. The molecule has 0 saturated carbocycles. The molecule has 7 nitrogen and oxygen atoms in total. The van der Waals surface area contributed by atoms with Crippen LogP contribution in [-0.4, -0.2) is 29.3 Å². The van der Waals surface area contributed by atoms with Crippen molar-refractivity contribution in [3.63, 3.8) is 0 Å². The maximum atomic E-state index is 13.3. The Morgan fingerprint density at radius 3 is 2.50 bits per heavy atom. The highest BCUT2D eigenvalue weighted by Gasteiger charge is 2.21. The third kappa shape index (κ3) is 3.18. The Labute approximate surface area is 171 Å². The molecule has 0 amide bonds. The molecule has 0 unspecified atom stereocenters. The van der Waals surface area contributed by atoms with Crippen LogP contribution < -0.4 is 5.32 Å². The summed E-state index contributed by atoms with van der Waals surface area (Å²) in [5.41, 5.74) is 2.41. The molecule has 0 spiro atoms. The molecule has 0 aliphatic rings. The van der Waals surface area contributed by atoms with Crippen LogP contribution in [0.3, 0.4) is 0 Å². The number of fused-ring (bicyclic) bond motifs is 1. The molecule has 30 heavy (non-hydrogen) atoms. The molecular weight excluding hydrogens is 381 g/mol. The molecule has 0 fully saturated rings. The molecule has 0 bridgehead atoms. The van der Waals surface area contributed by atoms with E-state index in [2.05, 4.69) is 25.4 Å². The maximum absolute atomic E-state index is 13.3. The van der Waals surface area contributed by atoms with Gasteiger partial charge in [0, 0.05) is 19.4 Å². The molecular formula is C22H18FN7. The first-order chi connectivity index (χ1) is 14.7. The molecule has 8 heteroatoms. The molecule has 0 saturated heterocycles. The quantitative estimate of drug-likeness (QED) is 0.485. The number of nitrogens with zero attached hydrogens (tertiary/aromatic N) is 6. The average molecular weight is 399 g/mol. The molecule has 2 aromatic carbocycles. The van der Waals surface area contributed by atoms with Gasteiger partial charge in [-0.05, 0) is 29.8 Å². The zero-order chi connectivity index (χ0) is 20.5. The second-order valence-electron chi connectivity index (χ2n) is 6.88. The lowest BCUT2D eigenvalue weighted by molar-refractivity contribution is 0.627. The lowest BCUT2D eigenvalue weighted by Crippen LogP contribution is -2.17. The van der Waals surface area contributed by atoms with Gasteiger partial charge in [-0.15, -0.1) is 0 Å².